The van der Waals surface area contributed by atoms with E-state index in [9.17, 15) is 14.4 Å². The van der Waals surface area contributed by atoms with Crippen molar-refractivity contribution < 1.29 is 28.3 Å². The van der Waals surface area contributed by atoms with Crippen molar-refractivity contribution in [2.45, 2.75) is 19.6 Å². The van der Waals surface area contributed by atoms with Gasteiger partial charge in [-0.05, 0) is 49.4 Å². The molecule has 0 aliphatic rings. The number of likely N-dealkylation sites (N-methyl/N-ethyl adjacent to an activating group) is 1. The van der Waals surface area contributed by atoms with Crippen LogP contribution in [0, 0.1) is 0 Å². The summed E-state index contributed by atoms with van der Waals surface area (Å²) in [5.74, 6) is -0.579. The minimum atomic E-state index is -0.943. The van der Waals surface area contributed by atoms with E-state index < -0.39 is 24.6 Å². The molecule has 33 heavy (non-hydrogen) atoms. The smallest absolute Gasteiger partial charge is 0.347 e. The van der Waals surface area contributed by atoms with Gasteiger partial charge in [0.1, 0.15) is 11.5 Å². The van der Waals surface area contributed by atoms with Crippen LogP contribution in [0.5, 0.6) is 5.75 Å². The predicted molar refractivity (Wildman–Crippen MR) is 122 cm³/mol. The summed E-state index contributed by atoms with van der Waals surface area (Å²) in [6.45, 7) is 1.21. The van der Waals surface area contributed by atoms with Crippen LogP contribution in [0.4, 0.5) is 5.69 Å². The minimum absolute atomic E-state index is 0.208. The highest BCUT2D eigenvalue weighted by Gasteiger charge is 2.22. The molecule has 1 heterocycles. The maximum atomic E-state index is 12.6. The standard InChI is InChI=1S/C24H23ClN2O6/c1-16(33-18-8-5-7-17(25)13-18)24(30)32-15-22(28)27(2)21-11-4-3-10-20(21)23(29)26-14-19-9-6-12-31-19/h3-13,16H,14-15H2,1-2H3,(H,26,29). The monoisotopic (exact) mass is 470 g/mol. The molecule has 3 rings (SSSR count). The van der Waals surface area contributed by atoms with E-state index in [0.29, 0.717) is 27.8 Å². The van der Waals surface area contributed by atoms with Crippen molar-refractivity contribution in [2.24, 2.45) is 0 Å². The van der Waals surface area contributed by atoms with Gasteiger partial charge in [-0.1, -0.05) is 29.8 Å². The minimum Gasteiger partial charge on any atom is -0.479 e. The van der Waals surface area contributed by atoms with E-state index in [1.807, 2.05) is 0 Å². The number of benzene rings is 2. The molecule has 0 aliphatic heterocycles. The van der Waals surface area contributed by atoms with Crippen LogP contribution >= 0.6 is 11.6 Å². The second-order valence-corrected chi connectivity index (χ2v) is 7.49. The van der Waals surface area contributed by atoms with Crippen LogP contribution in [-0.2, 0) is 20.9 Å². The van der Waals surface area contributed by atoms with Crippen LogP contribution < -0.4 is 15.0 Å². The SMILES string of the molecule is CC(Oc1cccc(Cl)c1)C(=O)OCC(=O)N(C)c1ccccc1C(=O)NCc1ccco1. The number of nitrogens with zero attached hydrogens (tertiary/aromatic N) is 1. The van der Waals surface area contributed by atoms with Gasteiger partial charge in [0.25, 0.3) is 11.8 Å². The van der Waals surface area contributed by atoms with Crippen LogP contribution in [0.2, 0.25) is 5.02 Å². The molecule has 0 fully saturated rings. The first-order valence-corrected chi connectivity index (χ1v) is 10.5. The zero-order valence-corrected chi connectivity index (χ0v) is 18.9. The van der Waals surface area contributed by atoms with Gasteiger partial charge in [-0.3, -0.25) is 9.59 Å². The number of para-hydroxylation sites is 1. The Morgan fingerprint density at radius 3 is 2.61 bits per heavy atom. The van der Waals surface area contributed by atoms with E-state index in [0.717, 1.165) is 0 Å². The van der Waals surface area contributed by atoms with E-state index in [1.165, 1.54) is 25.1 Å². The topological polar surface area (TPSA) is 98.1 Å². The lowest BCUT2D eigenvalue weighted by Crippen LogP contribution is -2.35. The van der Waals surface area contributed by atoms with Crippen molar-refractivity contribution in [1.82, 2.24) is 5.32 Å². The zero-order valence-electron chi connectivity index (χ0n) is 18.1. The second-order valence-electron chi connectivity index (χ2n) is 7.06. The number of ether oxygens (including phenoxy) is 2. The molecule has 3 aromatic rings. The highest BCUT2D eigenvalue weighted by Crippen LogP contribution is 2.20. The van der Waals surface area contributed by atoms with E-state index >= 15 is 0 Å². The molecule has 0 aliphatic carbocycles. The predicted octanol–water partition coefficient (Wildman–Crippen LogP) is 3.84. The number of carbonyl (C=O) groups is 3. The lowest BCUT2D eigenvalue weighted by Gasteiger charge is -2.21. The van der Waals surface area contributed by atoms with E-state index in [4.69, 9.17) is 25.5 Å². The fourth-order valence-corrected chi connectivity index (χ4v) is 3.09. The normalized spacial score (nSPS) is 11.4. The molecule has 0 radical (unpaired) electrons. The Morgan fingerprint density at radius 2 is 1.88 bits per heavy atom. The number of hydrogen-bond donors (Lipinski definition) is 1. The Bertz CT molecular complexity index is 1120. The molecule has 1 unspecified atom stereocenters. The summed E-state index contributed by atoms with van der Waals surface area (Å²) in [4.78, 5) is 38.8. The first-order chi connectivity index (χ1) is 15.8. The van der Waals surface area contributed by atoms with Crippen molar-refractivity contribution >= 4 is 35.1 Å². The molecule has 9 heteroatoms. The molecule has 0 bridgehead atoms. The third-order valence-corrected chi connectivity index (χ3v) is 4.90. The second kappa shape index (κ2) is 11.2. The molecular formula is C24H23ClN2O6. The Kier molecular flexibility index (Phi) is 8.10. The van der Waals surface area contributed by atoms with Gasteiger partial charge in [-0.25, -0.2) is 4.79 Å². The van der Waals surface area contributed by atoms with Gasteiger partial charge >= 0.3 is 5.97 Å². The number of carbonyl (C=O) groups excluding carboxylic acids is 3. The molecule has 2 aromatic carbocycles. The number of halogens is 1. The fourth-order valence-electron chi connectivity index (χ4n) is 2.91. The van der Waals surface area contributed by atoms with Crippen LogP contribution in [0.15, 0.2) is 71.3 Å². The van der Waals surface area contributed by atoms with Crippen molar-refractivity contribution in [3.63, 3.8) is 0 Å². The first-order valence-electron chi connectivity index (χ1n) is 10.1. The molecule has 0 spiro atoms. The number of nitrogens with one attached hydrogen (secondary N) is 1. The summed E-state index contributed by atoms with van der Waals surface area (Å²) in [5, 5.41) is 3.22. The van der Waals surface area contributed by atoms with Gasteiger partial charge in [-0.2, -0.15) is 0 Å². The van der Waals surface area contributed by atoms with Gasteiger partial charge in [0.15, 0.2) is 12.7 Å². The van der Waals surface area contributed by atoms with E-state index in [2.05, 4.69) is 5.32 Å². The third-order valence-electron chi connectivity index (χ3n) is 4.67. The van der Waals surface area contributed by atoms with E-state index in [-0.39, 0.29) is 12.5 Å². The Labute approximate surface area is 196 Å². The average Bonchev–Trinajstić information content (AvgIpc) is 3.34. The molecule has 1 aromatic heterocycles. The molecule has 0 saturated heterocycles. The number of amides is 2. The largest absolute Gasteiger partial charge is 0.479 e. The van der Waals surface area contributed by atoms with Crippen LogP contribution in [0.25, 0.3) is 0 Å². The number of hydrogen-bond acceptors (Lipinski definition) is 6. The summed E-state index contributed by atoms with van der Waals surface area (Å²) < 4.78 is 15.8. The summed E-state index contributed by atoms with van der Waals surface area (Å²) >= 11 is 5.90. The molecular weight excluding hydrogens is 448 g/mol. The van der Waals surface area contributed by atoms with Crippen molar-refractivity contribution in [3.8, 4) is 5.75 Å². The highest BCUT2D eigenvalue weighted by atomic mass is 35.5. The summed E-state index contributed by atoms with van der Waals surface area (Å²) in [5.41, 5.74) is 0.669. The Balaban J connectivity index is 1.57. The average molecular weight is 471 g/mol. The Hall–Kier alpha value is -3.78. The van der Waals surface area contributed by atoms with Crippen LogP contribution in [0.3, 0.4) is 0 Å². The zero-order chi connectivity index (χ0) is 23.8. The fraction of sp³-hybridized carbons (Fsp3) is 0.208. The van der Waals surface area contributed by atoms with Crippen LogP contribution in [-0.4, -0.2) is 37.5 Å². The lowest BCUT2D eigenvalue weighted by atomic mass is 10.1. The summed E-state index contributed by atoms with van der Waals surface area (Å²) in [7, 11) is 1.50. The molecule has 172 valence electrons. The number of esters is 1. The number of rotatable bonds is 9. The van der Waals surface area contributed by atoms with Crippen molar-refractivity contribution in [3.05, 3.63) is 83.3 Å². The molecule has 2 amide bonds. The van der Waals surface area contributed by atoms with Gasteiger partial charge in [0, 0.05) is 12.1 Å². The molecule has 8 nitrogen and oxygen atoms in total. The van der Waals surface area contributed by atoms with Gasteiger partial charge in [0.2, 0.25) is 0 Å². The lowest BCUT2D eigenvalue weighted by molar-refractivity contribution is -0.154. The molecule has 1 N–H and O–H groups in total. The molecule has 1 atom stereocenters. The van der Waals surface area contributed by atoms with Crippen molar-refractivity contribution in [2.75, 3.05) is 18.6 Å². The van der Waals surface area contributed by atoms with Gasteiger partial charge in [-0.15, -0.1) is 0 Å². The maximum absolute atomic E-state index is 12.6. The van der Waals surface area contributed by atoms with E-state index in [1.54, 1.807) is 60.7 Å². The third kappa shape index (κ3) is 6.60. The van der Waals surface area contributed by atoms with Gasteiger partial charge < -0.3 is 24.1 Å². The Morgan fingerprint density at radius 1 is 1.09 bits per heavy atom. The molecule has 0 saturated carbocycles. The number of anilines is 1. The number of furan rings is 1. The first kappa shape index (κ1) is 23.9. The summed E-state index contributed by atoms with van der Waals surface area (Å²) in [6.07, 6.45) is 0.575. The van der Waals surface area contributed by atoms with Crippen molar-refractivity contribution in [1.29, 1.82) is 0 Å². The summed E-state index contributed by atoms with van der Waals surface area (Å²) in [6, 6.07) is 16.7. The van der Waals surface area contributed by atoms with Crippen LogP contribution in [0.1, 0.15) is 23.0 Å². The maximum Gasteiger partial charge on any atom is 0.347 e. The quantitative estimate of drug-likeness (QED) is 0.477. The van der Waals surface area contributed by atoms with Gasteiger partial charge in [0.05, 0.1) is 24.1 Å². The highest BCUT2D eigenvalue weighted by molar-refractivity contribution is 6.30.